The maximum Gasteiger partial charge on any atom is 0.244 e. The Morgan fingerprint density at radius 3 is 2.19 bits per heavy atom. The van der Waals surface area contributed by atoms with Crippen molar-refractivity contribution < 1.29 is 19.1 Å². The predicted octanol–water partition coefficient (Wildman–Crippen LogP) is 0.921. The van der Waals surface area contributed by atoms with Crippen molar-refractivity contribution in [3.05, 3.63) is 29.8 Å². The zero-order valence-corrected chi connectivity index (χ0v) is 12.7. The van der Waals surface area contributed by atoms with Gasteiger partial charge in [0.1, 0.15) is 11.5 Å². The molecule has 0 saturated carbocycles. The first kappa shape index (κ1) is 16.6. The highest BCUT2D eigenvalue weighted by Gasteiger charge is 2.05. The maximum absolute atomic E-state index is 11.6. The minimum absolute atomic E-state index is 0.0302. The standard InChI is InChI=1S/C15H20N2O4/c1-17(2)15(19)10-16-14(18)6-5-11-7-12(20-3)9-13(8-11)21-4/h5-9H,10H2,1-4H3,(H,16,18)/b6-5+. The monoisotopic (exact) mass is 292 g/mol. The van der Waals surface area contributed by atoms with Crippen LogP contribution in [0.5, 0.6) is 11.5 Å². The largest absolute Gasteiger partial charge is 0.497 e. The smallest absolute Gasteiger partial charge is 0.244 e. The molecular weight excluding hydrogens is 272 g/mol. The zero-order valence-electron chi connectivity index (χ0n) is 12.7. The number of rotatable bonds is 6. The number of hydrogen-bond acceptors (Lipinski definition) is 4. The molecule has 0 heterocycles. The zero-order chi connectivity index (χ0) is 15.8. The fraction of sp³-hybridized carbons (Fsp3) is 0.333. The first-order valence-electron chi connectivity index (χ1n) is 6.35. The molecule has 6 nitrogen and oxygen atoms in total. The molecular formula is C15H20N2O4. The van der Waals surface area contributed by atoms with Crippen LogP contribution in [-0.2, 0) is 9.59 Å². The molecule has 0 aliphatic rings. The van der Waals surface area contributed by atoms with Crippen LogP contribution >= 0.6 is 0 Å². The highest BCUT2D eigenvalue weighted by molar-refractivity contribution is 5.94. The molecule has 0 bridgehead atoms. The van der Waals surface area contributed by atoms with E-state index in [4.69, 9.17) is 9.47 Å². The van der Waals surface area contributed by atoms with Crippen LogP contribution < -0.4 is 14.8 Å². The van der Waals surface area contributed by atoms with Crippen LogP contribution in [0.1, 0.15) is 5.56 Å². The minimum Gasteiger partial charge on any atom is -0.497 e. The molecule has 0 radical (unpaired) electrons. The number of carbonyl (C=O) groups excluding carboxylic acids is 2. The predicted molar refractivity (Wildman–Crippen MR) is 80.3 cm³/mol. The van der Waals surface area contributed by atoms with Crippen molar-refractivity contribution in [1.82, 2.24) is 10.2 Å². The molecule has 21 heavy (non-hydrogen) atoms. The topological polar surface area (TPSA) is 67.9 Å². The van der Waals surface area contributed by atoms with Crippen molar-refractivity contribution >= 4 is 17.9 Å². The van der Waals surface area contributed by atoms with Crippen LogP contribution in [0.3, 0.4) is 0 Å². The third kappa shape index (κ3) is 5.56. The summed E-state index contributed by atoms with van der Waals surface area (Å²) >= 11 is 0. The highest BCUT2D eigenvalue weighted by Crippen LogP contribution is 2.23. The van der Waals surface area contributed by atoms with E-state index >= 15 is 0 Å². The molecule has 0 fully saturated rings. The van der Waals surface area contributed by atoms with E-state index < -0.39 is 0 Å². The Morgan fingerprint density at radius 1 is 1.14 bits per heavy atom. The maximum atomic E-state index is 11.6. The molecule has 2 amide bonds. The van der Waals surface area contributed by atoms with Crippen molar-refractivity contribution in [1.29, 1.82) is 0 Å². The second-order valence-electron chi connectivity index (χ2n) is 4.49. The van der Waals surface area contributed by atoms with Crippen LogP contribution in [0.4, 0.5) is 0 Å². The van der Waals surface area contributed by atoms with Crippen molar-refractivity contribution in [2.75, 3.05) is 34.9 Å². The van der Waals surface area contributed by atoms with E-state index in [1.54, 1.807) is 52.6 Å². The van der Waals surface area contributed by atoms with Gasteiger partial charge in [0.15, 0.2) is 0 Å². The average Bonchev–Trinajstić information content (AvgIpc) is 2.49. The van der Waals surface area contributed by atoms with Gasteiger partial charge in [-0.05, 0) is 23.8 Å². The Morgan fingerprint density at radius 2 is 1.71 bits per heavy atom. The van der Waals surface area contributed by atoms with Gasteiger partial charge in [0, 0.05) is 26.2 Å². The number of nitrogens with zero attached hydrogens (tertiary/aromatic N) is 1. The summed E-state index contributed by atoms with van der Waals surface area (Å²) in [5.41, 5.74) is 0.764. The van der Waals surface area contributed by atoms with Crippen molar-refractivity contribution in [3.63, 3.8) is 0 Å². The van der Waals surface area contributed by atoms with E-state index in [-0.39, 0.29) is 18.4 Å². The Hall–Kier alpha value is -2.50. The molecule has 1 aromatic rings. The van der Waals surface area contributed by atoms with Gasteiger partial charge in [-0.1, -0.05) is 0 Å². The second-order valence-corrected chi connectivity index (χ2v) is 4.49. The lowest BCUT2D eigenvalue weighted by Crippen LogP contribution is -2.35. The van der Waals surface area contributed by atoms with E-state index in [0.717, 1.165) is 5.56 Å². The molecule has 0 aliphatic carbocycles. The van der Waals surface area contributed by atoms with Gasteiger partial charge in [-0.3, -0.25) is 9.59 Å². The number of amides is 2. The van der Waals surface area contributed by atoms with Crippen molar-refractivity contribution in [3.8, 4) is 11.5 Å². The summed E-state index contributed by atoms with van der Waals surface area (Å²) in [6.07, 6.45) is 2.98. The van der Waals surface area contributed by atoms with Gasteiger partial charge in [0.25, 0.3) is 0 Å². The first-order valence-corrected chi connectivity index (χ1v) is 6.35. The molecule has 0 spiro atoms. The highest BCUT2D eigenvalue weighted by atomic mass is 16.5. The molecule has 0 saturated heterocycles. The Balaban J connectivity index is 2.67. The van der Waals surface area contributed by atoms with E-state index in [1.807, 2.05) is 0 Å². The minimum atomic E-state index is -0.341. The van der Waals surface area contributed by atoms with E-state index in [2.05, 4.69) is 5.32 Å². The van der Waals surface area contributed by atoms with Gasteiger partial charge in [-0.25, -0.2) is 0 Å². The van der Waals surface area contributed by atoms with Gasteiger partial charge in [0.2, 0.25) is 11.8 Å². The lowest BCUT2D eigenvalue weighted by Gasteiger charge is -2.09. The van der Waals surface area contributed by atoms with Crippen LogP contribution in [0, 0.1) is 0 Å². The Bertz CT molecular complexity index is 516. The summed E-state index contributed by atoms with van der Waals surface area (Å²) in [5, 5.41) is 2.51. The lowest BCUT2D eigenvalue weighted by atomic mass is 10.2. The summed E-state index contributed by atoms with van der Waals surface area (Å²) in [6, 6.07) is 5.29. The molecule has 0 aromatic heterocycles. The van der Waals surface area contributed by atoms with E-state index in [1.165, 1.54) is 11.0 Å². The molecule has 1 N–H and O–H groups in total. The third-order valence-corrected chi connectivity index (χ3v) is 2.71. The van der Waals surface area contributed by atoms with Crippen LogP contribution in [0.2, 0.25) is 0 Å². The Kier molecular flexibility index (Phi) is 6.26. The molecule has 0 unspecified atom stereocenters. The molecule has 6 heteroatoms. The summed E-state index contributed by atoms with van der Waals surface area (Å²) in [5.74, 6) is 0.765. The van der Waals surface area contributed by atoms with Crippen molar-refractivity contribution in [2.24, 2.45) is 0 Å². The van der Waals surface area contributed by atoms with E-state index in [0.29, 0.717) is 11.5 Å². The number of carbonyl (C=O) groups is 2. The van der Waals surface area contributed by atoms with Crippen LogP contribution in [0.15, 0.2) is 24.3 Å². The molecule has 1 rings (SSSR count). The number of nitrogens with one attached hydrogen (secondary N) is 1. The summed E-state index contributed by atoms with van der Waals surface area (Å²) in [6.45, 7) is -0.0302. The summed E-state index contributed by atoms with van der Waals surface area (Å²) < 4.78 is 10.3. The average molecular weight is 292 g/mol. The number of methoxy groups -OCH3 is 2. The Labute approximate surface area is 124 Å². The molecule has 114 valence electrons. The SMILES string of the molecule is COc1cc(/C=C/C(=O)NCC(=O)N(C)C)cc(OC)c1. The van der Waals surface area contributed by atoms with E-state index in [9.17, 15) is 9.59 Å². The fourth-order valence-corrected chi connectivity index (χ4v) is 1.48. The summed E-state index contributed by atoms with van der Waals surface area (Å²) in [7, 11) is 6.38. The number of likely N-dealkylation sites (N-methyl/N-ethyl adjacent to an activating group) is 1. The molecule has 0 aliphatic heterocycles. The normalized spacial score (nSPS) is 10.3. The van der Waals surface area contributed by atoms with Gasteiger partial charge < -0.3 is 19.7 Å². The fourth-order valence-electron chi connectivity index (χ4n) is 1.48. The van der Waals surface area contributed by atoms with Gasteiger partial charge >= 0.3 is 0 Å². The lowest BCUT2D eigenvalue weighted by molar-refractivity contribution is -0.129. The first-order chi connectivity index (χ1) is 9.96. The van der Waals surface area contributed by atoms with Crippen LogP contribution in [0.25, 0.3) is 6.08 Å². The van der Waals surface area contributed by atoms with Gasteiger partial charge in [-0.2, -0.15) is 0 Å². The van der Waals surface area contributed by atoms with Crippen LogP contribution in [-0.4, -0.2) is 51.6 Å². The molecule has 0 atom stereocenters. The second kappa shape index (κ2) is 7.94. The quantitative estimate of drug-likeness (QED) is 0.792. The number of ether oxygens (including phenoxy) is 2. The van der Waals surface area contributed by atoms with Gasteiger partial charge in [0.05, 0.1) is 20.8 Å². The molecule has 1 aromatic carbocycles. The van der Waals surface area contributed by atoms with Gasteiger partial charge in [-0.15, -0.1) is 0 Å². The third-order valence-electron chi connectivity index (χ3n) is 2.71. The number of hydrogen-bond donors (Lipinski definition) is 1. The summed E-state index contributed by atoms with van der Waals surface area (Å²) in [4.78, 5) is 24.4. The number of benzene rings is 1. The van der Waals surface area contributed by atoms with Crippen molar-refractivity contribution in [2.45, 2.75) is 0 Å².